The number of hydrogen-bond donors (Lipinski definition) is 3. The third kappa shape index (κ3) is 5.82. The maximum atomic E-state index is 14.5. The van der Waals surface area contributed by atoms with Gasteiger partial charge in [-0.05, 0) is 73.2 Å². The zero-order valence-electron chi connectivity index (χ0n) is 22.2. The van der Waals surface area contributed by atoms with Gasteiger partial charge in [0.1, 0.15) is 5.75 Å². The number of halogens is 3. The van der Waals surface area contributed by atoms with Gasteiger partial charge in [0.05, 0.1) is 17.4 Å². The number of aromatic amines is 1. The first-order chi connectivity index (χ1) is 18.4. The fourth-order valence-electron chi connectivity index (χ4n) is 5.78. The number of aromatic nitrogens is 2. The van der Waals surface area contributed by atoms with E-state index >= 15 is 0 Å². The van der Waals surface area contributed by atoms with Crippen molar-refractivity contribution in [3.63, 3.8) is 0 Å². The predicted octanol–water partition coefficient (Wildman–Crippen LogP) is 6.74. The Morgan fingerprint density at radius 2 is 1.67 bits per heavy atom. The van der Waals surface area contributed by atoms with Gasteiger partial charge in [-0.1, -0.05) is 50.2 Å². The Morgan fingerprint density at radius 3 is 2.36 bits per heavy atom. The van der Waals surface area contributed by atoms with E-state index in [1.165, 1.54) is 6.07 Å². The monoisotopic (exact) mass is 537 g/mol. The molecular weight excluding hydrogens is 503 g/mol. The Morgan fingerprint density at radius 1 is 0.949 bits per heavy atom. The second-order valence-electron chi connectivity index (χ2n) is 11.4. The molecule has 0 radical (unpaired) electrons. The molecule has 0 aliphatic carbocycles. The van der Waals surface area contributed by atoms with Crippen LogP contribution in [0.2, 0.25) is 0 Å². The van der Waals surface area contributed by atoms with E-state index in [2.05, 4.69) is 14.9 Å². The smallest absolute Gasteiger partial charge is 0.417 e. The summed E-state index contributed by atoms with van der Waals surface area (Å²) >= 11 is 0. The largest absolute Gasteiger partial charge is 0.508 e. The number of benzene rings is 2. The van der Waals surface area contributed by atoms with Crippen LogP contribution in [0, 0.1) is 0 Å². The van der Waals surface area contributed by atoms with Crippen LogP contribution in [0.25, 0.3) is 22.0 Å². The number of pyridine rings is 1. The summed E-state index contributed by atoms with van der Waals surface area (Å²) in [5.41, 5.74) is -0.435. The number of aliphatic hydroxyl groups is 1. The van der Waals surface area contributed by atoms with Crippen LogP contribution in [0.3, 0.4) is 0 Å². The molecule has 5 nitrogen and oxygen atoms in total. The predicted molar refractivity (Wildman–Crippen MR) is 146 cm³/mol. The van der Waals surface area contributed by atoms with Gasteiger partial charge in [-0.3, -0.25) is 9.88 Å². The Balaban J connectivity index is 1.42. The van der Waals surface area contributed by atoms with Gasteiger partial charge >= 0.3 is 6.18 Å². The number of fused-ring (bicyclic) bond motifs is 1. The van der Waals surface area contributed by atoms with Crippen molar-refractivity contribution in [2.45, 2.75) is 63.3 Å². The van der Waals surface area contributed by atoms with Crippen molar-refractivity contribution < 1.29 is 23.4 Å². The van der Waals surface area contributed by atoms with Crippen LogP contribution in [-0.4, -0.2) is 49.9 Å². The number of phenols is 1. The van der Waals surface area contributed by atoms with Gasteiger partial charge in [0.25, 0.3) is 0 Å². The minimum atomic E-state index is -4.90. The Hall–Kier alpha value is -3.36. The maximum Gasteiger partial charge on any atom is 0.417 e. The molecule has 0 saturated carbocycles. The second-order valence-corrected chi connectivity index (χ2v) is 11.4. The second kappa shape index (κ2) is 10.3. The third-order valence-corrected chi connectivity index (χ3v) is 7.78. The summed E-state index contributed by atoms with van der Waals surface area (Å²) in [6.07, 6.45) is -2.20. The van der Waals surface area contributed by atoms with E-state index in [0.717, 1.165) is 48.1 Å². The summed E-state index contributed by atoms with van der Waals surface area (Å²) in [5, 5.41) is 22.6. The number of alkyl halides is 3. The fourth-order valence-corrected chi connectivity index (χ4v) is 5.78. The molecule has 5 rings (SSSR count). The van der Waals surface area contributed by atoms with E-state index in [9.17, 15) is 23.4 Å². The van der Waals surface area contributed by atoms with Gasteiger partial charge in [0.2, 0.25) is 0 Å². The molecule has 1 aliphatic rings. The van der Waals surface area contributed by atoms with E-state index in [0.29, 0.717) is 17.6 Å². The average Bonchev–Trinajstić information content (AvgIpc) is 3.52. The highest BCUT2D eigenvalue weighted by molar-refractivity contribution is 5.80. The molecule has 39 heavy (non-hydrogen) atoms. The molecule has 1 fully saturated rings. The van der Waals surface area contributed by atoms with E-state index in [-0.39, 0.29) is 11.4 Å². The molecule has 1 saturated heterocycles. The molecule has 1 aliphatic heterocycles. The van der Waals surface area contributed by atoms with Gasteiger partial charge in [0, 0.05) is 29.6 Å². The molecule has 2 aromatic carbocycles. The Kier molecular flexibility index (Phi) is 7.20. The van der Waals surface area contributed by atoms with Crippen molar-refractivity contribution >= 4 is 10.9 Å². The maximum absolute atomic E-state index is 14.5. The van der Waals surface area contributed by atoms with Crippen molar-refractivity contribution in [3.8, 4) is 16.9 Å². The van der Waals surface area contributed by atoms with Gasteiger partial charge in [-0.2, -0.15) is 13.2 Å². The summed E-state index contributed by atoms with van der Waals surface area (Å²) in [7, 11) is 0. The molecule has 2 aromatic heterocycles. The number of rotatable bonds is 8. The molecule has 1 atom stereocenters. The van der Waals surface area contributed by atoms with Gasteiger partial charge < -0.3 is 15.2 Å². The molecule has 0 amide bonds. The summed E-state index contributed by atoms with van der Waals surface area (Å²) in [4.78, 5) is 9.83. The zero-order valence-corrected chi connectivity index (χ0v) is 22.2. The standard InChI is InChI=1S/C31H34F3N3O2/c1-29(2,26-16-22(10-11-28(26)38)21-8-4-3-5-9-21)20-30(39,31(32,33)34)17-24-14-23-15-25(35-18-27(23)36-24)19-37-12-6-7-13-37/h3-5,8-11,14-16,18,36,38-39H,6-7,12-13,17,19-20H2,1-2H3. The number of phenolic OH excluding ortho intramolecular Hbond substituents is 1. The van der Waals surface area contributed by atoms with Crippen LogP contribution in [-0.2, 0) is 18.4 Å². The quantitative estimate of drug-likeness (QED) is 0.233. The van der Waals surface area contributed by atoms with E-state index in [4.69, 9.17) is 0 Å². The first-order valence-electron chi connectivity index (χ1n) is 13.3. The van der Waals surface area contributed by atoms with E-state index in [1.807, 2.05) is 36.4 Å². The molecule has 0 spiro atoms. The van der Waals surface area contributed by atoms with Crippen molar-refractivity contribution in [2.75, 3.05) is 13.1 Å². The lowest BCUT2D eigenvalue weighted by Gasteiger charge is -2.38. The van der Waals surface area contributed by atoms with E-state index in [1.54, 1.807) is 38.2 Å². The van der Waals surface area contributed by atoms with Crippen LogP contribution in [0.5, 0.6) is 5.75 Å². The lowest BCUT2D eigenvalue weighted by molar-refractivity contribution is -0.266. The molecule has 4 aromatic rings. The topological polar surface area (TPSA) is 72.4 Å². The molecule has 0 bridgehead atoms. The number of nitrogens with zero attached hydrogens (tertiary/aromatic N) is 2. The van der Waals surface area contributed by atoms with Gasteiger partial charge in [-0.15, -0.1) is 0 Å². The van der Waals surface area contributed by atoms with Crippen LogP contribution in [0.4, 0.5) is 13.2 Å². The van der Waals surface area contributed by atoms with Crippen molar-refractivity contribution in [2.24, 2.45) is 0 Å². The minimum absolute atomic E-state index is 0.105. The van der Waals surface area contributed by atoms with Crippen LogP contribution in [0.15, 0.2) is 66.9 Å². The van der Waals surface area contributed by atoms with Crippen LogP contribution < -0.4 is 0 Å². The van der Waals surface area contributed by atoms with Gasteiger partial charge in [0.15, 0.2) is 5.60 Å². The summed E-state index contributed by atoms with van der Waals surface area (Å²) in [6, 6.07) is 17.9. The molecule has 1 unspecified atom stereocenters. The summed E-state index contributed by atoms with van der Waals surface area (Å²) in [5.74, 6) is -0.105. The lowest BCUT2D eigenvalue weighted by Crippen LogP contribution is -2.50. The van der Waals surface area contributed by atoms with Gasteiger partial charge in [-0.25, -0.2) is 0 Å². The highest BCUT2D eigenvalue weighted by atomic mass is 19.4. The van der Waals surface area contributed by atoms with Crippen LogP contribution in [0.1, 0.15) is 50.1 Å². The number of likely N-dealkylation sites (tertiary alicyclic amines) is 1. The minimum Gasteiger partial charge on any atom is -0.508 e. The van der Waals surface area contributed by atoms with E-state index < -0.39 is 30.0 Å². The lowest BCUT2D eigenvalue weighted by atomic mass is 9.72. The highest BCUT2D eigenvalue weighted by Gasteiger charge is 2.56. The average molecular weight is 538 g/mol. The zero-order chi connectivity index (χ0) is 27.8. The highest BCUT2D eigenvalue weighted by Crippen LogP contribution is 2.45. The number of hydrogen-bond acceptors (Lipinski definition) is 4. The van der Waals surface area contributed by atoms with Crippen LogP contribution >= 0.6 is 0 Å². The first-order valence-corrected chi connectivity index (χ1v) is 13.3. The summed E-state index contributed by atoms with van der Waals surface area (Å²) in [6.45, 7) is 6.00. The fraction of sp³-hybridized carbons (Fsp3) is 0.387. The third-order valence-electron chi connectivity index (χ3n) is 7.78. The molecule has 3 heterocycles. The molecule has 206 valence electrons. The Labute approximate surface area is 226 Å². The van der Waals surface area contributed by atoms with Crippen molar-refractivity contribution in [3.05, 3.63) is 83.8 Å². The Bertz CT molecular complexity index is 1440. The SMILES string of the molecule is CC(C)(CC(O)(Cc1cc2cc(CN3CCCC3)ncc2[nH]1)C(F)(F)F)c1cc(-c2ccccc2)ccc1O. The summed E-state index contributed by atoms with van der Waals surface area (Å²) < 4.78 is 43.5. The van der Waals surface area contributed by atoms with Crippen molar-refractivity contribution in [1.82, 2.24) is 14.9 Å². The molecule has 8 heteroatoms. The molecule has 3 N–H and O–H groups in total. The number of H-pyrrole nitrogens is 1. The van der Waals surface area contributed by atoms with Crippen molar-refractivity contribution in [1.29, 1.82) is 0 Å². The number of aromatic hydroxyl groups is 1. The molecular formula is C31H34F3N3O2. The normalized spacial score (nSPS) is 16.6. The first kappa shape index (κ1) is 27.2. The number of nitrogens with one attached hydrogen (secondary N) is 1.